The molecule has 0 atom stereocenters. The van der Waals surface area contributed by atoms with E-state index in [0.29, 0.717) is 27.5 Å². The van der Waals surface area contributed by atoms with Crippen molar-refractivity contribution in [3.8, 4) is 5.75 Å². The second-order valence-electron chi connectivity index (χ2n) is 6.56. The Morgan fingerprint density at radius 3 is 2.15 bits per heavy atom. The molecule has 0 amide bonds. The number of aromatic hydroxyl groups is 1. The van der Waals surface area contributed by atoms with Gasteiger partial charge in [0.05, 0.1) is 0 Å². The molecule has 6 nitrogen and oxygen atoms in total. The highest BCUT2D eigenvalue weighted by Gasteiger charge is 2.13. The van der Waals surface area contributed by atoms with Crippen LogP contribution in [-0.2, 0) is 6.42 Å². The summed E-state index contributed by atoms with van der Waals surface area (Å²) in [6.07, 6.45) is 0.968. The van der Waals surface area contributed by atoms with Crippen LogP contribution in [0.2, 0.25) is 0 Å². The number of rotatable bonds is 4. The van der Waals surface area contributed by atoms with Crippen LogP contribution in [0.4, 0.5) is 0 Å². The number of benzene rings is 1. The number of nitrogens with two attached hydrogens (primary N) is 1. The van der Waals surface area contributed by atoms with E-state index in [-0.39, 0.29) is 11.6 Å². The number of thiophene rings is 1. The fraction of sp³-hybridized carbons (Fsp3) is 0.368. The average molecular weight is 378 g/mol. The van der Waals surface area contributed by atoms with E-state index in [1.54, 1.807) is 26.0 Å². The third kappa shape index (κ3) is 5.49. The van der Waals surface area contributed by atoms with Crippen molar-refractivity contribution in [2.45, 2.75) is 41.0 Å². The van der Waals surface area contributed by atoms with Crippen molar-refractivity contribution in [3.05, 3.63) is 50.2 Å². The van der Waals surface area contributed by atoms with Crippen LogP contribution >= 0.6 is 11.3 Å². The van der Waals surface area contributed by atoms with Crippen LogP contribution in [0.25, 0.3) is 0 Å². The quantitative estimate of drug-likeness (QED) is 0.277. The summed E-state index contributed by atoms with van der Waals surface area (Å²) in [5, 5.41) is 31.5. The molecular weight excluding hydrogens is 352 g/mol. The third-order valence-electron chi connectivity index (χ3n) is 3.86. The lowest BCUT2D eigenvalue weighted by molar-refractivity contribution is 0.0701. The van der Waals surface area contributed by atoms with E-state index in [2.05, 4.69) is 19.0 Å². The van der Waals surface area contributed by atoms with Crippen molar-refractivity contribution in [2.24, 2.45) is 16.8 Å². The molecule has 0 unspecified atom stereocenters. The summed E-state index contributed by atoms with van der Waals surface area (Å²) in [5.74, 6) is 0.0631. The van der Waals surface area contributed by atoms with E-state index in [1.807, 2.05) is 12.3 Å². The molecule has 2 aromatic rings. The number of carbonyl (C=O) groups is 1. The Bertz CT molecular complexity index is 787. The Balaban J connectivity index is 0.000000260. The van der Waals surface area contributed by atoms with Crippen molar-refractivity contribution in [2.75, 3.05) is 0 Å². The highest BCUT2D eigenvalue weighted by molar-refractivity contribution is 7.12. The fourth-order valence-corrected chi connectivity index (χ4v) is 3.41. The number of aryl methyl sites for hydroxylation is 2. The Labute approximate surface area is 157 Å². The molecule has 0 spiro atoms. The predicted octanol–water partition coefficient (Wildman–Crippen LogP) is 4.06. The first-order valence-corrected chi connectivity index (χ1v) is 9.04. The van der Waals surface area contributed by atoms with Crippen molar-refractivity contribution in [1.82, 2.24) is 0 Å². The van der Waals surface area contributed by atoms with Crippen LogP contribution in [0.15, 0.2) is 22.7 Å². The van der Waals surface area contributed by atoms with E-state index in [4.69, 9.17) is 16.0 Å². The van der Waals surface area contributed by atoms with Gasteiger partial charge in [-0.15, -0.1) is 11.3 Å². The minimum Gasteiger partial charge on any atom is -0.507 e. The zero-order valence-corrected chi connectivity index (χ0v) is 16.5. The van der Waals surface area contributed by atoms with Crippen molar-refractivity contribution < 1.29 is 20.2 Å². The molecule has 0 radical (unpaired) electrons. The Morgan fingerprint density at radius 2 is 1.77 bits per heavy atom. The number of oxime groups is 1. The van der Waals surface area contributed by atoms with E-state index >= 15 is 0 Å². The maximum atomic E-state index is 10.7. The van der Waals surface area contributed by atoms with E-state index in [1.165, 1.54) is 16.9 Å². The number of amidine groups is 1. The zero-order valence-electron chi connectivity index (χ0n) is 15.7. The molecule has 0 saturated heterocycles. The van der Waals surface area contributed by atoms with Gasteiger partial charge in [0.2, 0.25) is 0 Å². The van der Waals surface area contributed by atoms with Gasteiger partial charge in [0.15, 0.2) is 5.84 Å². The summed E-state index contributed by atoms with van der Waals surface area (Å²) in [4.78, 5) is 11.2. The molecule has 142 valence electrons. The number of phenolic OH excluding ortho intramolecular Hbond substituents is 1. The average Bonchev–Trinajstić information content (AvgIpc) is 2.92. The van der Waals surface area contributed by atoms with Crippen molar-refractivity contribution in [3.63, 3.8) is 0 Å². The van der Waals surface area contributed by atoms with Crippen LogP contribution < -0.4 is 5.73 Å². The molecule has 7 heteroatoms. The van der Waals surface area contributed by atoms with Crippen LogP contribution in [0.3, 0.4) is 0 Å². The summed E-state index contributed by atoms with van der Waals surface area (Å²) in [6, 6.07) is 3.33. The molecule has 0 aliphatic carbocycles. The monoisotopic (exact) mass is 378 g/mol. The van der Waals surface area contributed by atoms with Gasteiger partial charge >= 0.3 is 5.97 Å². The largest absolute Gasteiger partial charge is 0.507 e. The molecule has 1 aromatic heterocycles. The van der Waals surface area contributed by atoms with Crippen molar-refractivity contribution in [1.29, 1.82) is 0 Å². The Kier molecular flexibility index (Phi) is 7.64. The van der Waals surface area contributed by atoms with Gasteiger partial charge in [-0.2, -0.15) is 0 Å². The maximum absolute atomic E-state index is 10.7. The SMILES string of the molecule is Cc1c(CC(C)C)csc1C(=O)O.Cc1cc(C(N)=NO)cc(C)c1O. The first-order chi connectivity index (χ1) is 12.1. The zero-order chi connectivity index (χ0) is 20.0. The number of phenols is 1. The predicted molar refractivity (Wildman–Crippen MR) is 105 cm³/mol. The lowest BCUT2D eigenvalue weighted by Gasteiger charge is -2.06. The van der Waals surface area contributed by atoms with Gasteiger partial charge in [0.1, 0.15) is 10.6 Å². The van der Waals surface area contributed by atoms with Crippen LogP contribution in [-0.4, -0.2) is 27.2 Å². The van der Waals surface area contributed by atoms with Gasteiger partial charge in [-0.05, 0) is 72.9 Å². The minimum absolute atomic E-state index is 0.0474. The van der Waals surface area contributed by atoms with Crippen LogP contribution in [0.5, 0.6) is 5.75 Å². The summed E-state index contributed by atoms with van der Waals surface area (Å²) < 4.78 is 0. The number of carboxylic acids is 1. The van der Waals surface area contributed by atoms with Crippen LogP contribution in [0.1, 0.15) is 51.3 Å². The lowest BCUT2D eigenvalue weighted by atomic mass is 10.0. The van der Waals surface area contributed by atoms with Gasteiger partial charge in [-0.3, -0.25) is 0 Å². The molecule has 0 aliphatic rings. The highest BCUT2D eigenvalue weighted by Crippen LogP contribution is 2.24. The molecule has 5 N–H and O–H groups in total. The molecule has 0 aliphatic heterocycles. The van der Waals surface area contributed by atoms with Gasteiger partial charge in [0.25, 0.3) is 0 Å². The Morgan fingerprint density at radius 1 is 1.23 bits per heavy atom. The topological polar surface area (TPSA) is 116 Å². The second-order valence-corrected chi connectivity index (χ2v) is 7.44. The summed E-state index contributed by atoms with van der Waals surface area (Å²) >= 11 is 1.33. The number of hydrogen-bond acceptors (Lipinski definition) is 5. The minimum atomic E-state index is -0.808. The van der Waals surface area contributed by atoms with Crippen LogP contribution in [0, 0.1) is 26.7 Å². The van der Waals surface area contributed by atoms with E-state index in [9.17, 15) is 9.90 Å². The first kappa shape index (κ1) is 21.5. The molecule has 2 rings (SSSR count). The fourth-order valence-electron chi connectivity index (χ4n) is 2.47. The normalized spacial score (nSPS) is 11.2. The highest BCUT2D eigenvalue weighted by atomic mass is 32.1. The lowest BCUT2D eigenvalue weighted by Crippen LogP contribution is -2.13. The van der Waals surface area contributed by atoms with Gasteiger partial charge < -0.3 is 21.2 Å². The van der Waals surface area contributed by atoms with E-state index < -0.39 is 5.97 Å². The smallest absolute Gasteiger partial charge is 0.346 e. The summed E-state index contributed by atoms with van der Waals surface area (Å²) in [6.45, 7) is 9.68. The van der Waals surface area contributed by atoms with Gasteiger partial charge in [-0.1, -0.05) is 19.0 Å². The molecule has 0 bridgehead atoms. The first-order valence-electron chi connectivity index (χ1n) is 8.16. The number of aromatic carboxylic acids is 1. The summed E-state index contributed by atoms with van der Waals surface area (Å²) in [7, 11) is 0. The molecule has 1 aromatic carbocycles. The second kappa shape index (κ2) is 9.24. The van der Waals surface area contributed by atoms with Gasteiger partial charge in [0, 0.05) is 5.56 Å². The molecule has 0 fully saturated rings. The van der Waals surface area contributed by atoms with Gasteiger partial charge in [-0.25, -0.2) is 4.79 Å². The standard InChI is InChI=1S/C10H14O2S.C9H12N2O2/c1-6(2)4-8-5-13-9(7(8)3)10(11)12;1-5-3-7(9(10)11-13)4-6(2)8(5)12/h5-6H,4H2,1-3H3,(H,11,12);3-4,12-13H,1-2H3,(H2,10,11). The Hall–Kier alpha value is -2.54. The van der Waals surface area contributed by atoms with Crippen molar-refractivity contribution >= 4 is 23.1 Å². The molecular formula is C19H26N2O4S. The number of nitrogens with zero attached hydrogens (tertiary/aromatic N) is 1. The third-order valence-corrected chi connectivity index (χ3v) is 4.98. The van der Waals surface area contributed by atoms with E-state index in [0.717, 1.165) is 12.0 Å². The molecule has 26 heavy (non-hydrogen) atoms. The molecule has 1 heterocycles. The maximum Gasteiger partial charge on any atom is 0.346 e. The molecule has 0 saturated carbocycles. The summed E-state index contributed by atoms with van der Waals surface area (Å²) in [5.41, 5.74) is 9.54. The number of hydrogen-bond donors (Lipinski definition) is 4. The number of carboxylic acid groups (broad SMARTS) is 1.